The molecule has 0 radical (unpaired) electrons. The fourth-order valence-electron chi connectivity index (χ4n) is 4.40. The van der Waals surface area contributed by atoms with Gasteiger partial charge in [0.05, 0.1) is 0 Å². The molecule has 0 saturated heterocycles. The van der Waals surface area contributed by atoms with E-state index in [9.17, 15) is 0 Å². The van der Waals surface area contributed by atoms with Gasteiger partial charge in [0, 0.05) is 0 Å². The Morgan fingerprint density at radius 3 is 2.22 bits per heavy atom. The van der Waals surface area contributed by atoms with Gasteiger partial charge in [-0.15, -0.1) is 0 Å². The molecule has 2 aliphatic rings. The van der Waals surface area contributed by atoms with Crippen LogP contribution >= 0.6 is 0 Å². The van der Waals surface area contributed by atoms with E-state index in [1.54, 1.807) is 16.7 Å². The molecule has 1 aromatic rings. The maximum absolute atomic E-state index is 2.44. The van der Waals surface area contributed by atoms with E-state index in [-0.39, 0.29) is 0 Å². The zero-order chi connectivity index (χ0) is 13.1. The van der Waals surface area contributed by atoms with Gasteiger partial charge in [0.2, 0.25) is 0 Å². The lowest BCUT2D eigenvalue weighted by Gasteiger charge is -2.46. The largest absolute Gasteiger partial charge is 0.0587 e. The van der Waals surface area contributed by atoms with E-state index in [4.69, 9.17) is 0 Å². The van der Waals surface area contributed by atoms with Crippen LogP contribution in [0.15, 0.2) is 12.1 Å². The quantitative estimate of drug-likeness (QED) is 0.585. The first kappa shape index (κ1) is 12.3. The summed E-state index contributed by atoms with van der Waals surface area (Å²) in [6.07, 6.45) is 5.50. The number of hydrogen-bond donors (Lipinski definition) is 0. The number of benzene rings is 1. The normalized spacial score (nSPS) is 27.7. The third-order valence-electron chi connectivity index (χ3n) is 5.50. The van der Waals surface area contributed by atoms with Crippen molar-refractivity contribution >= 4 is 0 Å². The third kappa shape index (κ3) is 1.57. The maximum Gasteiger partial charge on any atom is -0.00978 e. The molecule has 0 saturated carbocycles. The Balaban J connectivity index is 2.32. The highest BCUT2D eigenvalue weighted by Crippen LogP contribution is 2.53. The second kappa shape index (κ2) is 3.62. The molecule has 0 fully saturated rings. The van der Waals surface area contributed by atoms with Gasteiger partial charge in [0.1, 0.15) is 0 Å². The van der Waals surface area contributed by atoms with Crippen LogP contribution in [0.25, 0.3) is 0 Å². The van der Waals surface area contributed by atoms with E-state index in [0.717, 1.165) is 5.92 Å². The number of hydrogen-bond acceptors (Lipinski definition) is 0. The topological polar surface area (TPSA) is 0 Å². The second-order valence-corrected chi connectivity index (χ2v) is 7.76. The highest BCUT2D eigenvalue weighted by molar-refractivity contribution is 5.52. The van der Waals surface area contributed by atoms with E-state index in [1.807, 2.05) is 0 Å². The highest BCUT2D eigenvalue weighted by atomic mass is 14.5. The van der Waals surface area contributed by atoms with Gasteiger partial charge in [0.15, 0.2) is 0 Å². The molecule has 1 atom stereocenters. The molecule has 18 heavy (non-hydrogen) atoms. The van der Waals surface area contributed by atoms with Gasteiger partial charge >= 0.3 is 0 Å². The predicted molar refractivity (Wildman–Crippen MR) is 78.4 cm³/mol. The second-order valence-electron chi connectivity index (χ2n) is 7.76. The highest BCUT2D eigenvalue weighted by Gasteiger charge is 2.41. The zero-order valence-electron chi connectivity index (χ0n) is 12.6. The minimum atomic E-state index is 0.374. The van der Waals surface area contributed by atoms with Crippen LogP contribution in [0.3, 0.4) is 0 Å². The van der Waals surface area contributed by atoms with Gasteiger partial charge in [-0.25, -0.2) is 0 Å². The average Bonchev–Trinajstić information content (AvgIpc) is 2.26. The van der Waals surface area contributed by atoms with Crippen molar-refractivity contribution in [1.29, 1.82) is 0 Å². The van der Waals surface area contributed by atoms with E-state index in [2.05, 4.69) is 46.8 Å². The minimum Gasteiger partial charge on any atom is -0.0587 e. The summed E-state index contributed by atoms with van der Waals surface area (Å²) >= 11 is 0. The van der Waals surface area contributed by atoms with Crippen molar-refractivity contribution in [3.63, 3.8) is 0 Å². The monoisotopic (exact) mass is 242 g/mol. The summed E-state index contributed by atoms with van der Waals surface area (Å²) in [5, 5.41) is 0. The van der Waals surface area contributed by atoms with Crippen molar-refractivity contribution in [2.75, 3.05) is 0 Å². The van der Waals surface area contributed by atoms with E-state index in [0.29, 0.717) is 10.8 Å². The molecule has 1 unspecified atom stereocenters. The minimum absolute atomic E-state index is 0.374. The van der Waals surface area contributed by atoms with Gasteiger partial charge in [0.25, 0.3) is 0 Å². The van der Waals surface area contributed by atoms with E-state index >= 15 is 0 Å². The molecule has 1 aromatic carbocycles. The van der Waals surface area contributed by atoms with Crippen molar-refractivity contribution in [1.82, 2.24) is 0 Å². The first-order chi connectivity index (χ1) is 8.33. The van der Waals surface area contributed by atoms with Gasteiger partial charge in [-0.2, -0.15) is 0 Å². The molecular weight excluding hydrogens is 216 g/mol. The van der Waals surface area contributed by atoms with Crippen molar-refractivity contribution < 1.29 is 0 Å². The molecule has 2 aliphatic carbocycles. The van der Waals surface area contributed by atoms with Crippen molar-refractivity contribution in [2.24, 2.45) is 0 Å². The predicted octanol–water partition coefficient (Wildman–Crippen LogP) is 5.22. The summed E-state index contributed by atoms with van der Waals surface area (Å²) in [6.45, 7) is 12.0. The average molecular weight is 242 g/mol. The van der Waals surface area contributed by atoms with Gasteiger partial charge in [-0.1, -0.05) is 39.8 Å². The molecule has 0 bridgehead atoms. The third-order valence-corrected chi connectivity index (χ3v) is 5.50. The van der Waals surface area contributed by atoms with Crippen LogP contribution in [-0.2, 0) is 10.8 Å². The Kier molecular flexibility index (Phi) is 2.47. The molecule has 3 rings (SSSR count). The number of rotatable bonds is 0. The fourth-order valence-corrected chi connectivity index (χ4v) is 4.40. The van der Waals surface area contributed by atoms with Crippen LogP contribution in [0.5, 0.6) is 0 Å². The Labute approximate surface area is 112 Å². The van der Waals surface area contributed by atoms with E-state index < -0.39 is 0 Å². The van der Waals surface area contributed by atoms with Crippen LogP contribution < -0.4 is 0 Å². The summed E-state index contributed by atoms with van der Waals surface area (Å²) in [7, 11) is 0. The molecule has 0 aliphatic heterocycles. The molecule has 0 N–H and O–H groups in total. The summed E-state index contributed by atoms with van der Waals surface area (Å²) in [4.78, 5) is 0. The van der Waals surface area contributed by atoms with Crippen LogP contribution in [0.4, 0.5) is 0 Å². The first-order valence-corrected chi connectivity index (χ1v) is 7.47. The Hall–Kier alpha value is -0.780. The lowest BCUT2D eigenvalue weighted by Crippen LogP contribution is -2.35. The van der Waals surface area contributed by atoms with Crippen LogP contribution in [-0.4, -0.2) is 0 Å². The molecule has 0 spiro atoms. The Morgan fingerprint density at radius 2 is 1.56 bits per heavy atom. The maximum atomic E-state index is 2.44. The molecule has 0 heterocycles. The molecular formula is C18H26. The first-order valence-electron chi connectivity index (χ1n) is 7.47. The standard InChI is InChI=1S/C18H26/c1-12-6-7-14-15-13(8-10-17(14,2)3)9-11-18(4,5)16(12)15/h6-7,13H,8-11H2,1-5H3. The van der Waals surface area contributed by atoms with Gasteiger partial charge < -0.3 is 0 Å². The SMILES string of the molecule is Cc1ccc2c3c1C(C)(C)CCC3CCC2(C)C. The van der Waals surface area contributed by atoms with Crippen molar-refractivity contribution in [3.05, 3.63) is 34.4 Å². The lowest BCUT2D eigenvalue weighted by molar-refractivity contribution is 0.319. The van der Waals surface area contributed by atoms with E-state index in [1.165, 1.54) is 31.2 Å². The fraction of sp³-hybridized carbons (Fsp3) is 0.667. The van der Waals surface area contributed by atoms with Crippen LogP contribution in [0, 0.1) is 6.92 Å². The molecule has 0 aromatic heterocycles. The smallest absolute Gasteiger partial charge is 0.00978 e. The lowest BCUT2D eigenvalue weighted by atomic mass is 9.58. The summed E-state index contributed by atoms with van der Waals surface area (Å²) < 4.78 is 0. The summed E-state index contributed by atoms with van der Waals surface area (Å²) in [5.41, 5.74) is 7.33. The molecule has 0 heteroatoms. The summed E-state index contributed by atoms with van der Waals surface area (Å²) in [5.74, 6) is 0.843. The van der Waals surface area contributed by atoms with Crippen LogP contribution in [0.1, 0.15) is 81.5 Å². The van der Waals surface area contributed by atoms with Crippen molar-refractivity contribution in [3.8, 4) is 0 Å². The van der Waals surface area contributed by atoms with Gasteiger partial charge in [-0.3, -0.25) is 0 Å². The molecule has 0 nitrogen and oxygen atoms in total. The number of aryl methyl sites for hydroxylation is 1. The summed E-state index contributed by atoms with van der Waals surface area (Å²) in [6, 6.07) is 4.78. The van der Waals surface area contributed by atoms with Gasteiger partial charge in [-0.05, 0) is 71.6 Å². The van der Waals surface area contributed by atoms with Crippen molar-refractivity contribution in [2.45, 2.75) is 77.0 Å². The Morgan fingerprint density at radius 1 is 0.944 bits per heavy atom. The molecule has 98 valence electrons. The molecule has 0 amide bonds. The van der Waals surface area contributed by atoms with Crippen LogP contribution in [0.2, 0.25) is 0 Å². The zero-order valence-corrected chi connectivity index (χ0v) is 12.6. The Bertz CT molecular complexity index is 489.